The van der Waals surface area contributed by atoms with E-state index < -0.39 is 11.5 Å². The third kappa shape index (κ3) is 3.11. The van der Waals surface area contributed by atoms with Gasteiger partial charge < -0.3 is 15.5 Å². The summed E-state index contributed by atoms with van der Waals surface area (Å²) in [5.41, 5.74) is -0.603. The molecule has 5 amide bonds. The van der Waals surface area contributed by atoms with E-state index in [0.29, 0.717) is 19.5 Å². The Morgan fingerprint density at radius 2 is 1.86 bits per heavy atom. The first-order valence-corrected chi connectivity index (χ1v) is 11.0. The Morgan fingerprint density at radius 3 is 2.38 bits per heavy atom. The second-order valence-electron chi connectivity index (χ2n) is 9.36. The van der Waals surface area contributed by atoms with E-state index in [0.717, 1.165) is 32.1 Å². The Kier molecular flexibility index (Phi) is 5.07. The summed E-state index contributed by atoms with van der Waals surface area (Å²) in [5, 5.41) is 5.49. The molecule has 160 valence electrons. The summed E-state index contributed by atoms with van der Waals surface area (Å²) in [7, 11) is 0. The van der Waals surface area contributed by atoms with Crippen LogP contribution in [0.2, 0.25) is 0 Å². The highest BCUT2D eigenvalue weighted by atomic mass is 16.2. The number of fused-ring (bicyclic) bond motifs is 2. The van der Waals surface area contributed by atoms with Gasteiger partial charge in [0.05, 0.1) is 17.5 Å². The van der Waals surface area contributed by atoms with Gasteiger partial charge >= 0.3 is 6.03 Å². The third-order valence-corrected chi connectivity index (χ3v) is 7.16. The van der Waals surface area contributed by atoms with Crippen molar-refractivity contribution < 1.29 is 19.2 Å². The third-order valence-electron chi connectivity index (χ3n) is 7.16. The lowest BCUT2D eigenvalue weighted by molar-refractivity contribution is -0.152. The first-order valence-electron chi connectivity index (χ1n) is 11.0. The van der Waals surface area contributed by atoms with Gasteiger partial charge in [-0.3, -0.25) is 19.3 Å². The molecule has 8 nitrogen and oxygen atoms in total. The van der Waals surface area contributed by atoms with Crippen molar-refractivity contribution in [2.75, 3.05) is 13.1 Å². The molecule has 0 aromatic heterocycles. The zero-order chi connectivity index (χ0) is 20.9. The number of amides is 5. The van der Waals surface area contributed by atoms with Gasteiger partial charge in [0.1, 0.15) is 6.04 Å². The average Bonchev–Trinajstić information content (AvgIpc) is 3.34. The first-order chi connectivity index (χ1) is 13.8. The minimum absolute atomic E-state index is 0.0117. The van der Waals surface area contributed by atoms with E-state index in [1.165, 1.54) is 4.90 Å². The number of likely N-dealkylation sites (tertiary alicyclic amines) is 2. The number of rotatable bonds is 5. The summed E-state index contributed by atoms with van der Waals surface area (Å²) >= 11 is 0. The van der Waals surface area contributed by atoms with Gasteiger partial charge in [-0.2, -0.15) is 0 Å². The predicted molar refractivity (Wildman–Crippen MR) is 106 cm³/mol. The van der Waals surface area contributed by atoms with Gasteiger partial charge in [0.15, 0.2) is 0 Å². The van der Waals surface area contributed by atoms with Gasteiger partial charge in [-0.1, -0.05) is 20.3 Å². The van der Waals surface area contributed by atoms with Crippen LogP contribution in [0.4, 0.5) is 4.79 Å². The molecule has 0 aromatic rings. The van der Waals surface area contributed by atoms with E-state index >= 15 is 0 Å². The monoisotopic (exact) mass is 404 g/mol. The van der Waals surface area contributed by atoms with Crippen molar-refractivity contribution in [3.05, 3.63) is 0 Å². The van der Waals surface area contributed by atoms with Gasteiger partial charge in [0, 0.05) is 19.0 Å². The summed E-state index contributed by atoms with van der Waals surface area (Å²) in [6, 6.07) is -1.48. The molecule has 1 spiro atoms. The van der Waals surface area contributed by atoms with E-state index in [1.54, 1.807) is 4.90 Å². The second-order valence-corrected chi connectivity index (χ2v) is 9.36. The molecule has 2 heterocycles. The van der Waals surface area contributed by atoms with Gasteiger partial charge in [0.25, 0.3) is 0 Å². The molecule has 2 saturated heterocycles. The number of carbonyl (C=O) groups is 4. The number of nitrogens with one attached hydrogen (secondary N) is 2. The Bertz CT molecular complexity index is 728. The lowest BCUT2D eigenvalue weighted by Crippen LogP contribution is -2.59. The van der Waals surface area contributed by atoms with Crippen LogP contribution in [0.5, 0.6) is 0 Å². The highest BCUT2D eigenvalue weighted by molar-refractivity contribution is 6.04. The fraction of sp³-hybridized carbons (Fsp3) is 0.810. The van der Waals surface area contributed by atoms with Gasteiger partial charge in [0.2, 0.25) is 17.7 Å². The van der Waals surface area contributed by atoms with Crippen molar-refractivity contribution in [3.63, 3.8) is 0 Å². The van der Waals surface area contributed by atoms with Crippen molar-refractivity contribution in [1.29, 1.82) is 0 Å². The maximum Gasteiger partial charge on any atom is 0.315 e. The summed E-state index contributed by atoms with van der Waals surface area (Å²) in [5.74, 6) is -0.335. The molecule has 4 fully saturated rings. The fourth-order valence-corrected chi connectivity index (χ4v) is 5.38. The fourth-order valence-electron chi connectivity index (χ4n) is 5.38. The average molecular weight is 405 g/mol. The molecule has 2 saturated carbocycles. The molecule has 0 radical (unpaired) electrons. The molecule has 3 atom stereocenters. The number of nitrogens with zero attached hydrogens (tertiary/aromatic N) is 2. The van der Waals surface area contributed by atoms with Crippen LogP contribution < -0.4 is 10.6 Å². The molecule has 4 aliphatic rings. The SMILES string of the molecule is CCNC(=O)N[C@H](C(=O)N1CC[C@H]2[C@H]1C1(CCC1)C(=O)N2C(=O)C1CC1)C(C)C. The molecular formula is C21H32N4O4. The van der Waals surface area contributed by atoms with Gasteiger partial charge in [-0.25, -0.2) is 4.79 Å². The Hall–Kier alpha value is -2.12. The molecule has 29 heavy (non-hydrogen) atoms. The van der Waals surface area contributed by atoms with Crippen LogP contribution in [0.15, 0.2) is 0 Å². The van der Waals surface area contributed by atoms with E-state index in [9.17, 15) is 19.2 Å². The molecule has 4 rings (SSSR count). The maximum atomic E-state index is 13.5. The van der Waals surface area contributed by atoms with Gasteiger partial charge in [-0.05, 0) is 44.9 Å². The maximum absolute atomic E-state index is 13.5. The van der Waals surface area contributed by atoms with Crippen LogP contribution in [-0.4, -0.2) is 64.8 Å². The van der Waals surface area contributed by atoms with Crippen molar-refractivity contribution in [2.45, 2.75) is 77.4 Å². The number of imide groups is 1. The Morgan fingerprint density at radius 1 is 1.17 bits per heavy atom. The lowest BCUT2D eigenvalue weighted by Gasteiger charge is -2.44. The highest BCUT2D eigenvalue weighted by Gasteiger charge is 2.68. The summed E-state index contributed by atoms with van der Waals surface area (Å²) in [6.45, 7) is 6.65. The minimum atomic E-state index is -0.652. The molecule has 2 aliphatic heterocycles. The van der Waals surface area contributed by atoms with Crippen molar-refractivity contribution in [1.82, 2.24) is 20.4 Å². The first kappa shape index (κ1) is 20.2. The summed E-state index contributed by atoms with van der Waals surface area (Å²) in [4.78, 5) is 55.1. The zero-order valence-electron chi connectivity index (χ0n) is 17.6. The quantitative estimate of drug-likeness (QED) is 0.674. The summed E-state index contributed by atoms with van der Waals surface area (Å²) in [6.07, 6.45) is 4.78. The number of hydrogen-bond acceptors (Lipinski definition) is 4. The lowest BCUT2D eigenvalue weighted by atomic mass is 9.64. The Balaban J connectivity index is 1.59. The van der Waals surface area contributed by atoms with Crippen LogP contribution in [-0.2, 0) is 14.4 Å². The molecule has 0 unspecified atom stereocenters. The molecule has 8 heteroatoms. The van der Waals surface area contributed by atoms with Crippen LogP contribution in [0.1, 0.15) is 59.3 Å². The highest BCUT2D eigenvalue weighted by Crippen LogP contribution is 2.56. The Labute approximate surface area is 171 Å². The molecule has 0 aromatic carbocycles. The van der Waals surface area contributed by atoms with E-state index in [1.807, 2.05) is 20.8 Å². The van der Waals surface area contributed by atoms with E-state index in [4.69, 9.17) is 0 Å². The van der Waals surface area contributed by atoms with Crippen molar-refractivity contribution >= 4 is 23.8 Å². The van der Waals surface area contributed by atoms with Crippen LogP contribution in [0.25, 0.3) is 0 Å². The zero-order valence-corrected chi connectivity index (χ0v) is 17.6. The van der Waals surface area contributed by atoms with Crippen molar-refractivity contribution in [3.8, 4) is 0 Å². The topological polar surface area (TPSA) is 98.8 Å². The normalized spacial score (nSPS) is 28.3. The predicted octanol–water partition coefficient (Wildman–Crippen LogP) is 1.25. The summed E-state index contributed by atoms with van der Waals surface area (Å²) < 4.78 is 0. The molecule has 0 bridgehead atoms. The minimum Gasteiger partial charge on any atom is -0.338 e. The molecule has 2 aliphatic carbocycles. The smallest absolute Gasteiger partial charge is 0.315 e. The molecule has 2 N–H and O–H groups in total. The van der Waals surface area contributed by atoms with Crippen molar-refractivity contribution in [2.24, 2.45) is 17.3 Å². The van der Waals surface area contributed by atoms with E-state index in [2.05, 4.69) is 10.6 Å². The van der Waals surface area contributed by atoms with Crippen LogP contribution in [0, 0.1) is 17.3 Å². The van der Waals surface area contributed by atoms with Gasteiger partial charge in [-0.15, -0.1) is 0 Å². The number of hydrogen-bond donors (Lipinski definition) is 2. The number of urea groups is 1. The van der Waals surface area contributed by atoms with Crippen LogP contribution in [0.3, 0.4) is 0 Å². The van der Waals surface area contributed by atoms with E-state index in [-0.39, 0.29) is 47.7 Å². The largest absolute Gasteiger partial charge is 0.338 e. The standard InChI is InChI=1S/C21H32N4O4/c1-4-22-20(29)23-15(12(2)3)18(27)24-11-8-14-16(24)21(9-5-10-21)19(28)25(14)17(26)13-6-7-13/h12-16H,4-11H2,1-3H3,(H2,22,23,29)/t14-,15-,16-/m0/s1. The second kappa shape index (κ2) is 7.29. The van der Waals surface area contributed by atoms with Crippen LogP contribution >= 0.6 is 0 Å². The number of carbonyl (C=O) groups excluding carboxylic acids is 4. The molecular weight excluding hydrogens is 372 g/mol.